The molecule has 3 aromatic rings. The molecule has 0 unspecified atom stereocenters. The van der Waals surface area contributed by atoms with Crippen LogP contribution in [-0.4, -0.2) is 37.1 Å². The van der Waals surface area contributed by atoms with Gasteiger partial charge >= 0.3 is 0 Å². The number of amides is 1. The Hall–Kier alpha value is -2.95. The van der Waals surface area contributed by atoms with E-state index in [4.69, 9.17) is 11.6 Å². The average molecular weight is 404 g/mol. The average Bonchev–Trinajstić information content (AvgIpc) is 3.37. The van der Waals surface area contributed by atoms with Crippen LogP contribution >= 0.6 is 11.3 Å². The predicted octanol–water partition coefficient (Wildman–Crippen LogP) is 3.67. The van der Waals surface area contributed by atoms with Crippen LogP contribution in [0.3, 0.4) is 0 Å². The number of aryl methyl sites for hydroxylation is 1. The molecule has 1 aliphatic heterocycles. The molecule has 146 valence electrons. The van der Waals surface area contributed by atoms with E-state index in [0.29, 0.717) is 11.3 Å². The lowest BCUT2D eigenvalue weighted by atomic mass is 10.1. The number of piperazine rings is 1. The molecule has 5 rings (SSSR count). The van der Waals surface area contributed by atoms with E-state index in [9.17, 15) is 4.79 Å². The van der Waals surface area contributed by atoms with E-state index >= 15 is 0 Å². The molecular formula is C22H21N5OS. The number of nitrogens with one attached hydrogen (secondary N) is 2. The molecule has 6 nitrogen and oxygen atoms in total. The van der Waals surface area contributed by atoms with Crippen LogP contribution in [0.1, 0.15) is 33.9 Å². The van der Waals surface area contributed by atoms with Crippen molar-refractivity contribution in [3.63, 3.8) is 0 Å². The van der Waals surface area contributed by atoms with Crippen LogP contribution in [0.4, 0.5) is 10.8 Å². The molecule has 2 heterocycles. The zero-order valence-corrected chi connectivity index (χ0v) is 16.8. The third kappa shape index (κ3) is 3.46. The lowest BCUT2D eigenvalue weighted by Crippen LogP contribution is -2.43. The van der Waals surface area contributed by atoms with Crippen molar-refractivity contribution < 1.29 is 4.79 Å². The Morgan fingerprint density at radius 3 is 2.93 bits per heavy atom. The predicted molar refractivity (Wildman–Crippen MR) is 116 cm³/mol. The first-order valence-electron chi connectivity index (χ1n) is 9.89. The summed E-state index contributed by atoms with van der Waals surface area (Å²) in [5, 5.41) is 7.54. The van der Waals surface area contributed by atoms with Crippen molar-refractivity contribution in [3.05, 3.63) is 64.5 Å². The highest BCUT2D eigenvalue weighted by Gasteiger charge is 2.25. The second-order valence-electron chi connectivity index (χ2n) is 7.48. The molecule has 29 heavy (non-hydrogen) atoms. The van der Waals surface area contributed by atoms with Gasteiger partial charge in [-0.2, -0.15) is 0 Å². The number of thiazole rings is 1. The molecular weight excluding hydrogens is 382 g/mol. The van der Waals surface area contributed by atoms with Crippen molar-refractivity contribution in [2.45, 2.75) is 18.9 Å². The van der Waals surface area contributed by atoms with Gasteiger partial charge in [0.25, 0.3) is 5.91 Å². The molecule has 1 amide bonds. The Kier molecular flexibility index (Phi) is 4.66. The lowest BCUT2D eigenvalue weighted by Gasteiger charge is -2.26. The second-order valence-corrected chi connectivity index (χ2v) is 8.48. The molecule has 2 aliphatic rings. The highest BCUT2D eigenvalue weighted by Crippen LogP contribution is 2.34. The number of hydrogen-bond acceptors (Lipinski definition) is 5. The zero-order valence-electron chi connectivity index (χ0n) is 15.9. The van der Waals surface area contributed by atoms with Crippen molar-refractivity contribution in [2.75, 3.05) is 31.1 Å². The zero-order chi connectivity index (χ0) is 19.8. The minimum Gasteiger partial charge on any atom is -0.346 e. The number of hydrogen-bond donors (Lipinski definition) is 2. The SMILES string of the molecule is [C-]#[N+]c1ccc2c(c1)[C@H](NC(=O)c1ccc3nc(N4CCNCC4)sc3c1)CC2. The smallest absolute Gasteiger partial charge is 0.251 e. The fourth-order valence-electron chi connectivity index (χ4n) is 4.10. The molecule has 0 saturated carbocycles. The largest absolute Gasteiger partial charge is 0.346 e. The molecule has 1 fully saturated rings. The van der Waals surface area contributed by atoms with Crippen LogP contribution in [0, 0.1) is 6.57 Å². The van der Waals surface area contributed by atoms with Gasteiger partial charge in [-0.25, -0.2) is 9.83 Å². The van der Waals surface area contributed by atoms with Gasteiger partial charge in [-0.15, -0.1) is 0 Å². The van der Waals surface area contributed by atoms with E-state index in [-0.39, 0.29) is 11.9 Å². The Bertz CT molecular complexity index is 1130. The fourth-order valence-corrected chi connectivity index (χ4v) is 5.15. The minimum absolute atomic E-state index is 0.0345. The number of carbonyl (C=O) groups is 1. The lowest BCUT2D eigenvalue weighted by molar-refractivity contribution is 0.0937. The summed E-state index contributed by atoms with van der Waals surface area (Å²) in [5.74, 6) is -0.0740. The van der Waals surface area contributed by atoms with Crippen LogP contribution in [0.25, 0.3) is 15.1 Å². The van der Waals surface area contributed by atoms with Gasteiger partial charge in [0, 0.05) is 31.7 Å². The van der Waals surface area contributed by atoms with Crippen LogP contribution in [0.15, 0.2) is 36.4 Å². The normalized spacial score (nSPS) is 18.4. The molecule has 1 aromatic heterocycles. The Morgan fingerprint density at radius 2 is 2.10 bits per heavy atom. The summed E-state index contributed by atoms with van der Waals surface area (Å²) in [6.07, 6.45) is 1.80. The Labute approximate surface area is 173 Å². The number of benzene rings is 2. The standard InChI is InChI=1S/C22H21N5OS/c1-23-16-5-2-14-3-6-18(17(14)13-16)25-21(28)15-4-7-19-20(12-15)29-22(26-19)27-10-8-24-9-11-27/h2,4-5,7,12-13,18,24H,3,6,8-11H2,(H,25,28)/t18-/m1/s1. The van der Waals surface area contributed by atoms with Gasteiger partial charge in [0.2, 0.25) is 0 Å². The maximum absolute atomic E-state index is 12.9. The number of fused-ring (bicyclic) bond motifs is 2. The van der Waals surface area contributed by atoms with Crippen LogP contribution in [0.2, 0.25) is 0 Å². The van der Waals surface area contributed by atoms with E-state index in [1.807, 2.05) is 36.4 Å². The van der Waals surface area contributed by atoms with Crippen LogP contribution in [-0.2, 0) is 6.42 Å². The molecule has 1 aliphatic carbocycles. The molecule has 7 heteroatoms. The third-order valence-corrected chi connectivity index (χ3v) is 6.75. The summed E-state index contributed by atoms with van der Waals surface area (Å²) in [4.78, 5) is 23.5. The molecule has 2 N–H and O–H groups in total. The molecule has 1 atom stereocenters. The number of rotatable bonds is 3. The molecule has 1 saturated heterocycles. The van der Waals surface area contributed by atoms with Gasteiger partial charge in [-0.1, -0.05) is 29.5 Å². The van der Waals surface area contributed by atoms with E-state index < -0.39 is 0 Å². The highest BCUT2D eigenvalue weighted by molar-refractivity contribution is 7.22. The third-order valence-electron chi connectivity index (χ3n) is 5.67. The molecule has 0 spiro atoms. The monoisotopic (exact) mass is 403 g/mol. The first-order valence-corrected chi connectivity index (χ1v) is 10.7. The number of anilines is 1. The van der Waals surface area contributed by atoms with Gasteiger partial charge in [-0.3, -0.25) is 4.79 Å². The fraction of sp³-hybridized carbons (Fsp3) is 0.318. The molecule has 2 aromatic carbocycles. The van der Waals surface area contributed by atoms with Crippen molar-refractivity contribution >= 4 is 38.3 Å². The minimum atomic E-state index is -0.0740. The first kappa shape index (κ1) is 18.1. The topological polar surface area (TPSA) is 61.6 Å². The maximum atomic E-state index is 12.9. The Balaban J connectivity index is 1.36. The van der Waals surface area contributed by atoms with E-state index in [1.165, 1.54) is 5.56 Å². The van der Waals surface area contributed by atoms with E-state index in [1.54, 1.807) is 11.3 Å². The van der Waals surface area contributed by atoms with Gasteiger partial charge in [0.15, 0.2) is 10.8 Å². The summed E-state index contributed by atoms with van der Waals surface area (Å²) >= 11 is 1.65. The van der Waals surface area contributed by atoms with Crippen LogP contribution in [0.5, 0.6) is 0 Å². The number of carbonyl (C=O) groups excluding carboxylic acids is 1. The summed E-state index contributed by atoms with van der Waals surface area (Å²) in [6, 6.07) is 11.5. The number of aromatic nitrogens is 1. The number of nitrogens with zero attached hydrogens (tertiary/aromatic N) is 3. The first-order chi connectivity index (χ1) is 14.2. The van der Waals surface area contributed by atoms with Gasteiger partial charge in [0.05, 0.1) is 22.8 Å². The van der Waals surface area contributed by atoms with Crippen molar-refractivity contribution in [1.29, 1.82) is 0 Å². The quantitative estimate of drug-likeness (QED) is 0.655. The van der Waals surface area contributed by atoms with Crippen molar-refractivity contribution in [2.24, 2.45) is 0 Å². The van der Waals surface area contributed by atoms with Crippen molar-refractivity contribution in [1.82, 2.24) is 15.6 Å². The maximum Gasteiger partial charge on any atom is 0.251 e. The molecule has 0 radical (unpaired) electrons. The van der Waals surface area contributed by atoms with Crippen molar-refractivity contribution in [3.8, 4) is 0 Å². The summed E-state index contributed by atoms with van der Waals surface area (Å²) in [5.41, 5.74) is 4.51. The highest BCUT2D eigenvalue weighted by atomic mass is 32.1. The van der Waals surface area contributed by atoms with Crippen LogP contribution < -0.4 is 15.5 Å². The van der Waals surface area contributed by atoms with Gasteiger partial charge in [0.1, 0.15) is 0 Å². The summed E-state index contributed by atoms with van der Waals surface area (Å²) in [6.45, 7) is 11.1. The van der Waals surface area contributed by atoms with Gasteiger partial charge < -0.3 is 15.5 Å². The Morgan fingerprint density at radius 1 is 1.24 bits per heavy atom. The second kappa shape index (κ2) is 7.47. The molecule has 0 bridgehead atoms. The summed E-state index contributed by atoms with van der Waals surface area (Å²) < 4.78 is 1.04. The van der Waals surface area contributed by atoms with E-state index in [2.05, 4.69) is 20.4 Å². The van der Waals surface area contributed by atoms with E-state index in [0.717, 1.165) is 59.9 Å². The summed E-state index contributed by atoms with van der Waals surface area (Å²) in [7, 11) is 0. The van der Waals surface area contributed by atoms with Gasteiger partial charge in [-0.05, 0) is 42.2 Å².